The van der Waals surface area contributed by atoms with Gasteiger partial charge in [0.25, 0.3) is 0 Å². The van der Waals surface area contributed by atoms with Gasteiger partial charge in [-0.2, -0.15) is 0 Å². The number of carbonyl (C=O) groups is 1. The van der Waals surface area contributed by atoms with E-state index in [0.29, 0.717) is 5.75 Å². The van der Waals surface area contributed by atoms with Gasteiger partial charge in [-0.3, -0.25) is 4.79 Å². The van der Waals surface area contributed by atoms with Gasteiger partial charge in [0.1, 0.15) is 23.4 Å². The fourth-order valence-corrected chi connectivity index (χ4v) is 1.83. The second-order valence-corrected chi connectivity index (χ2v) is 4.71. The minimum absolute atomic E-state index is 0.0604. The normalized spacial score (nSPS) is 11.6. The third-order valence-corrected chi connectivity index (χ3v) is 3.06. The van der Waals surface area contributed by atoms with Crippen LogP contribution in [0.2, 0.25) is 0 Å². The van der Waals surface area contributed by atoms with Gasteiger partial charge >= 0.3 is 0 Å². The summed E-state index contributed by atoms with van der Waals surface area (Å²) in [5, 5.41) is 5.39. The van der Waals surface area contributed by atoms with Crippen molar-refractivity contribution in [2.24, 2.45) is 0 Å². The van der Waals surface area contributed by atoms with Crippen molar-refractivity contribution in [3.05, 3.63) is 54.1 Å². The number of methoxy groups -OCH3 is 1. The first-order chi connectivity index (χ1) is 10.5. The topological polar surface area (TPSA) is 50.4 Å². The second kappa shape index (κ2) is 6.89. The Labute approximate surface area is 127 Å². The Bertz CT molecular complexity index is 660. The lowest BCUT2D eigenvalue weighted by molar-refractivity contribution is -0.116. The molecule has 2 N–H and O–H groups in total. The number of nitrogens with one attached hydrogen (secondary N) is 2. The molecule has 116 valence electrons. The minimum atomic E-state index is -0.815. The maximum Gasteiger partial charge on any atom is 0.246 e. The highest BCUT2D eigenvalue weighted by molar-refractivity contribution is 5.96. The van der Waals surface area contributed by atoms with Crippen molar-refractivity contribution in [1.29, 1.82) is 0 Å². The van der Waals surface area contributed by atoms with E-state index >= 15 is 0 Å². The molecule has 0 spiro atoms. The third-order valence-electron chi connectivity index (χ3n) is 3.06. The van der Waals surface area contributed by atoms with Crippen molar-refractivity contribution in [2.75, 3.05) is 17.7 Å². The van der Waals surface area contributed by atoms with E-state index in [1.807, 2.05) is 0 Å². The highest BCUT2D eigenvalue weighted by Crippen LogP contribution is 2.17. The summed E-state index contributed by atoms with van der Waals surface area (Å²) < 4.78 is 31.4. The summed E-state index contributed by atoms with van der Waals surface area (Å²) in [6.07, 6.45) is 0. The number of halogens is 2. The van der Waals surface area contributed by atoms with E-state index in [0.717, 1.165) is 17.8 Å². The maximum absolute atomic E-state index is 13.5. The van der Waals surface area contributed by atoms with Gasteiger partial charge in [-0.1, -0.05) is 0 Å². The first-order valence-electron chi connectivity index (χ1n) is 6.66. The monoisotopic (exact) mass is 306 g/mol. The molecule has 0 saturated carbocycles. The lowest BCUT2D eigenvalue weighted by Crippen LogP contribution is -2.32. The fourth-order valence-electron chi connectivity index (χ4n) is 1.83. The molecule has 2 rings (SSSR count). The van der Waals surface area contributed by atoms with Gasteiger partial charge in [-0.25, -0.2) is 8.78 Å². The molecule has 0 radical (unpaired) electrons. The molecule has 1 atom stereocenters. The quantitative estimate of drug-likeness (QED) is 0.890. The van der Waals surface area contributed by atoms with E-state index in [1.54, 1.807) is 38.3 Å². The molecule has 0 aliphatic carbocycles. The first kappa shape index (κ1) is 15.8. The largest absolute Gasteiger partial charge is 0.497 e. The van der Waals surface area contributed by atoms with E-state index < -0.39 is 23.6 Å². The average molecular weight is 306 g/mol. The lowest BCUT2D eigenvalue weighted by atomic mass is 10.2. The van der Waals surface area contributed by atoms with Crippen LogP contribution in [0, 0.1) is 11.6 Å². The van der Waals surface area contributed by atoms with E-state index in [9.17, 15) is 13.6 Å². The molecule has 0 aromatic heterocycles. The Morgan fingerprint density at radius 2 is 1.82 bits per heavy atom. The van der Waals surface area contributed by atoms with Crippen molar-refractivity contribution in [1.82, 2.24) is 0 Å². The maximum atomic E-state index is 13.5. The fraction of sp³-hybridized carbons (Fsp3) is 0.188. The predicted octanol–water partition coefficient (Wildman–Crippen LogP) is 3.41. The lowest BCUT2D eigenvalue weighted by Gasteiger charge is -2.16. The standard InChI is InChI=1S/C16H16F2N2O2/c1-10(19-12-4-6-13(22-2)7-5-12)16(21)20-15-8-3-11(17)9-14(15)18/h3-10,19H,1-2H3,(H,20,21). The molecule has 22 heavy (non-hydrogen) atoms. The zero-order chi connectivity index (χ0) is 16.1. The van der Waals surface area contributed by atoms with Crippen LogP contribution in [0.4, 0.5) is 20.2 Å². The summed E-state index contributed by atoms with van der Waals surface area (Å²) >= 11 is 0. The number of rotatable bonds is 5. The van der Waals surface area contributed by atoms with Gasteiger partial charge in [0.15, 0.2) is 0 Å². The molecule has 4 nitrogen and oxygen atoms in total. The summed E-state index contributed by atoms with van der Waals surface area (Å²) in [6.45, 7) is 1.64. The molecule has 1 amide bonds. The Morgan fingerprint density at radius 3 is 2.41 bits per heavy atom. The SMILES string of the molecule is COc1ccc(NC(C)C(=O)Nc2ccc(F)cc2F)cc1. The molecular weight excluding hydrogens is 290 g/mol. The van der Waals surface area contributed by atoms with E-state index in [4.69, 9.17) is 4.74 Å². The number of hydrogen-bond donors (Lipinski definition) is 2. The summed E-state index contributed by atoms with van der Waals surface area (Å²) in [7, 11) is 1.57. The molecule has 2 aromatic rings. The van der Waals surface area contributed by atoms with Crippen molar-refractivity contribution < 1.29 is 18.3 Å². The minimum Gasteiger partial charge on any atom is -0.497 e. The van der Waals surface area contributed by atoms with Gasteiger partial charge in [0, 0.05) is 11.8 Å². The van der Waals surface area contributed by atoms with E-state index in [2.05, 4.69) is 10.6 Å². The van der Waals surface area contributed by atoms with Crippen molar-refractivity contribution in [2.45, 2.75) is 13.0 Å². The summed E-state index contributed by atoms with van der Waals surface area (Å²) in [5.74, 6) is -1.23. The number of amides is 1. The summed E-state index contributed by atoms with van der Waals surface area (Å²) in [4.78, 5) is 12.0. The van der Waals surface area contributed by atoms with Gasteiger partial charge in [0.2, 0.25) is 5.91 Å². The first-order valence-corrected chi connectivity index (χ1v) is 6.66. The molecule has 2 aromatic carbocycles. The molecule has 0 heterocycles. The predicted molar refractivity (Wildman–Crippen MR) is 81.1 cm³/mol. The van der Waals surface area contributed by atoms with Crippen LogP contribution in [0.1, 0.15) is 6.92 Å². The number of benzene rings is 2. The van der Waals surface area contributed by atoms with Gasteiger partial charge in [-0.15, -0.1) is 0 Å². The zero-order valence-electron chi connectivity index (χ0n) is 12.2. The molecule has 0 aliphatic heterocycles. The van der Waals surface area contributed by atoms with Crippen molar-refractivity contribution >= 4 is 17.3 Å². The summed E-state index contributed by atoms with van der Waals surface area (Å²) in [5.41, 5.74) is 0.665. The summed E-state index contributed by atoms with van der Waals surface area (Å²) in [6, 6.07) is 9.43. The van der Waals surface area contributed by atoms with Crippen LogP contribution >= 0.6 is 0 Å². The van der Waals surface area contributed by atoms with Crippen LogP contribution in [0.15, 0.2) is 42.5 Å². The van der Waals surface area contributed by atoms with Crippen molar-refractivity contribution in [3.8, 4) is 5.75 Å². The molecule has 0 fully saturated rings. The molecule has 0 bridgehead atoms. The number of ether oxygens (including phenoxy) is 1. The van der Waals surface area contributed by atoms with Crippen molar-refractivity contribution in [3.63, 3.8) is 0 Å². The number of hydrogen-bond acceptors (Lipinski definition) is 3. The molecular formula is C16H16F2N2O2. The van der Waals surface area contributed by atoms with Crippen LogP contribution in [0.25, 0.3) is 0 Å². The van der Waals surface area contributed by atoms with Crippen LogP contribution in [-0.2, 0) is 4.79 Å². The molecule has 1 unspecified atom stereocenters. The molecule has 6 heteroatoms. The Hall–Kier alpha value is -2.63. The Morgan fingerprint density at radius 1 is 1.14 bits per heavy atom. The Kier molecular flexibility index (Phi) is 4.93. The van der Waals surface area contributed by atoms with Crippen LogP contribution < -0.4 is 15.4 Å². The number of carbonyl (C=O) groups excluding carboxylic acids is 1. The van der Waals surface area contributed by atoms with E-state index in [1.165, 1.54) is 6.07 Å². The highest BCUT2D eigenvalue weighted by atomic mass is 19.1. The Balaban J connectivity index is 1.99. The van der Waals surface area contributed by atoms with E-state index in [-0.39, 0.29) is 5.69 Å². The van der Waals surface area contributed by atoms with Gasteiger partial charge in [0.05, 0.1) is 12.8 Å². The third kappa shape index (κ3) is 3.94. The molecule has 0 aliphatic rings. The van der Waals surface area contributed by atoms with Gasteiger partial charge < -0.3 is 15.4 Å². The highest BCUT2D eigenvalue weighted by Gasteiger charge is 2.15. The average Bonchev–Trinajstić information content (AvgIpc) is 2.50. The van der Waals surface area contributed by atoms with Crippen LogP contribution in [0.3, 0.4) is 0 Å². The zero-order valence-corrected chi connectivity index (χ0v) is 12.2. The van der Waals surface area contributed by atoms with Crippen LogP contribution in [-0.4, -0.2) is 19.1 Å². The van der Waals surface area contributed by atoms with Gasteiger partial charge in [-0.05, 0) is 43.3 Å². The molecule has 0 saturated heterocycles. The number of anilines is 2. The smallest absolute Gasteiger partial charge is 0.246 e. The van der Waals surface area contributed by atoms with Crippen LogP contribution in [0.5, 0.6) is 5.75 Å². The second-order valence-electron chi connectivity index (χ2n) is 4.71.